The van der Waals surface area contributed by atoms with Crippen molar-refractivity contribution >= 4 is 5.70 Å². The van der Waals surface area contributed by atoms with E-state index >= 15 is 0 Å². The minimum absolute atomic E-state index is 0.285. The van der Waals surface area contributed by atoms with Crippen molar-refractivity contribution in [3.05, 3.63) is 41.8 Å². The van der Waals surface area contributed by atoms with E-state index in [2.05, 4.69) is 5.43 Å². The number of hydrazine groups is 1. The first-order valence-electron chi connectivity index (χ1n) is 3.42. The number of rotatable bonds is 2. The SMILES string of the molecule is N/C=C(\NN)c1ccc(F)cc1. The molecule has 0 amide bonds. The van der Waals surface area contributed by atoms with Crippen LogP contribution in [0.5, 0.6) is 0 Å². The topological polar surface area (TPSA) is 64.1 Å². The first-order chi connectivity index (χ1) is 5.77. The molecule has 1 aromatic rings. The molecule has 0 aliphatic heterocycles. The molecule has 12 heavy (non-hydrogen) atoms. The quantitative estimate of drug-likeness (QED) is 0.445. The third-order valence-electron chi connectivity index (χ3n) is 1.48. The molecule has 5 N–H and O–H groups in total. The van der Waals surface area contributed by atoms with Crippen LogP contribution in [0.2, 0.25) is 0 Å². The van der Waals surface area contributed by atoms with Crippen LogP contribution in [0.1, 0.15) is 5.56 Å². The maximum atomic E-state index is 12.5. The zero-order valence-corrected chi connectivity index (χ0v) is 6.42. The second kappa shape index (κ2) is 3.73. The summed E-state index contributed by atoms with van der Waals surface area (Å²) >= 11 is 0. The number of hydrogen-bond donors (Lipinski definition) is 3. The highest BCUT2D eigenvalue weighted by atomic mass is 19.1. The van der Waals surface area contributed by atoms with Crippen LogP contribution in [0.15, 0.2) is 30.5 Å². The Hall–Kier alpha value is -1.55. The minimum Gasteiger partial charge on any atom is -0.403 e. The Balaban J connectivity index is 2.96. The molecule has 0 aliphatic carbocycles. The van der Waals surface area contributed by atoms with Crippen molar-refractivity contribution < 1.29 is 4.39 Å². The van der Waals surface area contributed by atoms with Gasteiger partial charge in [-0.1, -0.05) is 0 Å². The van der Waals surface area contributed by atoms with Gasteiger partial charge in [-0.05, 0) is 24.3 Å². The normalized spacial score (nSPS) is 11.3. The fourth-order valence-corrected chi connectivity index (χ4v) is 0.857. The van der Waals surface area contributed by atoms with E-state index in [9.17, 15) is 4.39 Å². The molecule has 0 heterocycles. The van der Waals surface area contributed by atoms with Gasteiger partial charge in [0, 0.05) is 11.8 Å². The second-order valence-electron chi connectivity index (χ2n) is 2.23. The molecule has 1 aromatic carbocycles. The highest BCUT2D eigenvalue weighted by molar-refractivity contribution is 5.62. The molecule has 0 atom stereocenters. The second-order valence-corrected chi connectivity index (χ2v) is 2.23. The Morgan fingerprint density at radius 3 is 2.33 bits per heavy atom. The van der Waals surface area contributed by atoms with Crippen LogP contribution >= 0.6 is 0 Å². The Labute approximate surface area is 69.8 Å². The van der Waals surface area contributed by atoms with Gasteiger partial charge in [0.25, 0.3) is 0 Å². The van der Waals surface area contributed by atoms with E-state index in [0.717, 1.165) is 5.56 Å². The lowest BCUT2D eigenvalue weighted by atomic mass is 10.2. The largest absolute Gasteiger partial charge is 0.403 e. The molecule has 0 unspecified atom stereocenters. The van der Waals surface area contributed by atoms with E-state index in [4.69, 9.17) is 11.6 Å². The van der Waals surface area contributed by atoms with Crippen molar-refractivity contribution in [1.82, 2.24) is 5.43 Å². The summed E-state index contributed by atoms with van der Waals surface area (Å²) in [5.74, 6) is 4.88. The summed E-state index contributed by atoms with van der Waals surface area (Å²) in [4.78, 5) is 0. The van der Waals surface area contributed by atoms with E-state index in [0.29, 0.717) is 5.70 Å². The number of hydrogen-bond acceptors (Lipinski definition) is 3. The molecular weight excluding hydrogens is 157 g/mol. The molecule has 0 fully saturated rings. The monoisotopic (exact) mass is 167 g/mol. The molecule has 3 nitrogen and oxygen atoms in total. The van der Waals surface area contributed by atoms with Gasteiger partial charge in [0.2, 0.25) is 0 Å². The van der Waals surface area contributed by atoms with Gasteiger partial charge >= 0.3 is 0 Å². The van der Waals surface area contributed by atoms with Crippen molar-refractivity contribution in [2.75, 3.05) is 0 Å². The predicted molar refractivity (Wildman–Crippen MR) is 45.9 cm³/mol. The van der Waals surface area contributed by atoms with Crippen LogP contribution in [-0.2, 0) is 0 Å². The van der Waals surface area contributed by atoms with Crippen LogP contribution in [0.25, 0.3) is 5.70 Å². The molecule has 0 aromatic heterocycles. The Bertz CT molecular complexity index is 279. The molecule has 0 saturated heterocycles. The van der Waals surface area contributed by atoms with E-state index in [1.54, 1.807) is 12.1 Å². The predicted octanol–water partition coefficient (Wildman–Crippen LogP) is 0.546. The van der Waals surface area contributed by atoms with Gasteiger partial charge in [0.15, 0.2) is 0 Å². The highest BCUT2D eigenvalue weighted by Crippen LogP contribution is 2.09. The molecule has 0 radical (unpaired) electrons. The van der Waals surface area contributed by atoms with Crippen molar-refractivity contribution in [1.29, 1.82) is 0 Å². The molecular formula is C8H10FN3. The number of halogens is 1. The van der Waals surface area contributed by atoms with Gasteiger partial charge in [0.1, 0.15) is 5.82 Å². The maximum Gasteiger partial charge on any atom is 0.123 e. The molecule has 0 aliphatic rings. The lowest BCUT2D eigenvalue weighted by molar-refractivity contribution is 0.627. The Morgan fingerprint density at radius 2 is 1.92 bits per heavy atom. The summed E-state index contributed by atoms with van der Waals surface area (Å²) in [7, 11) is 0. The molecule has 4 heteroatoms. The van der Waals surface area contributed by atoms with Crippen LogP contribution in [0.4, 0.5) is 4.39 Å². The number of nitrogens with two attached hydrogens (primary N) is 2. The average molecular weight is 167 g/mol. The third kappa shape index (κ3) is 1.73. The van der Waals surface area contributed by atoms with Gasteiger partial charge < -0.3 is 11.2 Å². The summed E-state index contributed by atoms with van der Waals surface area (Å²) in [6.07, 6.45) is 1.33. The van der Waals surface area contributed by atoms with E-state index < -0.39 is 0 Å². The van der Waals surface area contributed by atoms with Crippen molar-refractivity contribution in [3.63, 3.8) is 0 Å². The zero-order chi connectivity index (χ0) is 8.97. The standard InChI is InChI=1S/C8H10FN3/c9-7-3-1-6(2-4-7)8(5-10)12-11/h1-5,12H,10-11H2/b8-5-. The first kappa shape index (κ1) is 8.55. The first-order valence-corrected chi connectivity index (χ1v) is 3.42. The van der Waals surface area contributed by atoms with Crippen LogP contribution < -0.4 is 17.0 Å². The van der Waals surface area contributed by atoms with E-state index in [1.807, 2.05) is 0 Å². The van der Waals surface area contributed by atoms with Gasteiger partial charge in [-0.25, -0.2) is 4.39 Å². The average Bonchev–Trinajstić information content (AvgIpc) is 2.10. The van der Waals surface area contributed by atoms with Crippen LogP contribution in [0.3, 0.4) is 0 Å². The fourth-order valence-electron chi connectivity index (χ4n) is 0.857. The molecule has 0 spiro atoms. The lowest BCUT2D eigenvalue weighted by Gasteiger charge is -2.04. The molecule has 64 valence electrons. The summed E-state index contributed by atoms with van der Waals surface area (Å²) in [5, 5.41) is 0. The summed E-state index contributed by atoms with van der Waals surface area (Å²) in [5.41, 5.74) is 8.97. The Morgan fingerprint density at radius 1 is 1.33 bits per heavy atom. The van der Waals surface area contributed by atoms with Crippen molar-refractivity contribution in [3.8, 4) is 0 Å². The zero-order valence-electron chi connectivity index (χ0n) is 6.42. The van der Waals surface area contributed by atoms with Crippen molar-refractivity contribution in [2.45, 2.75) is 0 Å². The van der Waals surface area contributed by atoms with Crippen LogP contribution in [-0.4, -0.2) is 0 Å². The summed E-state index contributed by atoms with van der Waals surface area (Å²) in [6.45, 7) is 0. The van der Waals surface area contributed by atoms with Gasteiger partial charge in [-0.2, -0.15) is 0 Å². The van der Waals surface area contributed by atoms with E-state index in [1.165, 1.54) is 18.3 Å². The molecule has 0 saturated carbocycles. The van der Waals surface area contributed by atoms with E-state index in [-0.39, 0.29) is 5.82 Å². The minimum atomic E-state index is -0.285. The maximum absolute atomic E-state index is 12.5. The fraction of sp³-hybridized carbons (Fsp3) is 0. The third-order valence-corrected chi connectivity index (χ3v) is 1.48. The van der Waals surface area contributed by atoms with Gasteiger partial charge in [-0.3, -0.25) is 5.84 Å². The number of nitrogens with one attached hydrogen (secondary N) is 1. The Kier molecular flexibility index (Phi) is 2.66. The molecule has 0 bridgehead atoms. The lowest BCUT2D eigenvalue weighted by Crippen LogP contribution is -2.20. The summed E-state index contributed by atoms with van der Waals surface area (Å²) < 4.78 is 12.5. The highest BCUT2D eigenvalue weighted by Gasteiger charge is 1.97. The molecule has 1 rings (SSSR count). The van der Waals surface area contributed by atoms with Crippen molar-refractivity contribution in [2.24, 2.45) is 11.6 Å². The van der Waals surface area contributed by atoms with Gasteiger partial charge in [0.05, 0.1) is 5.70 Å². The summed E-state index contributed by atoms with van der Waals surface area (Å²) in [6, 6.07) is 5.87. The smallest absolute Gasteiger partial charge is 0.123 e. The van der Waals surface area contributed by atoms with Crippen LogP contribution in [0, 0.1) is 5.82 Å². The van der Waals surface area contributed by atoms with Gasteiger partial charge in [-0.15, -0.1) is 0 Å². The number of benzene rings is 1.